The summed E-state index contributed by atoms with van der Waals surface area (Å²) < 4.78 is 0. The van der Waals surface area contributed by atoms with Gasteiger partial charge in [-0.05, 0) is 25.3 Å². The van der Waals surface area contributed by atoms with Crippen molar-refractivity contribution < 1.29 is 5.11 Å². The van der Waals surface area contributed by atoms with Crippen LogP contribution < -0.4 is 10.6 Å². The van der Waals surface area contributed by atoms with Crippen molar-refractivity contribution in [3.8, 4) is 0 Å². The quantitative estimate of drug-likeness (QED) is 0.507. The summed E-state index contributed by atoms with van der Waals surface area (Å²) in [5, 5.41) is 15.9. The summed E-state index contributed by atoms with van der Waals surface area (Å²) >= 11 is 0. The van der Waals surface area contributed by atoms with Crippen LogP contribution in [0.25, 0.3) is 0 Å². The van der Waals surface area contributed by atoms with E-state index < -0.39 is 0 Å². The maximum Gasteiger partial charge on any atom is 0.0829 e. The van der Waals surface area contributed by atoms with Crippen molar-refractivity contribution in [3.63, 3.8) is 0 Å². The Morgan fingerprint density at radius 1 is 1.36 bits per heavy atom. The second-order valence-corrected chi connectivity index (χ2v) is 3.68. The molecule has 0 bridgehead atoms. The van der Waals surface area contributed by atoms with Gasteiger partial charge in [-0.3, -0.25) is 0 Å². The van der Waals surface area contributed by atoms with E-state index in [1.54, 1.807) is 0 Å². The molecule has 1 aliphatic heterocycles. The molecule has 11 heavy (non-hydrogen) atoms. The van der Waals surface area contributed by atoms with Gasteiger partial charge in [0.15, 0.2) is 0 Å². The van der Waals surface area contributed by atoms with Crippen molar-refractivity contribution in [2.24, 2.45) is 5.92 Å². The van der Waals surface area contributed by atoms with Crippen LogP contribution >= 0.6 is 0 Å². The van der Waals surface area contributed by atoms with E-state index in [9.17, 15) is 5.11 Å². The Labute approximate surface area is 67.2 Å². The first kappa shape index (κ1) is 7.53. The molecule has 0 aromatic carbocycles. The third kappa shape index (κ3) is 1.92. The lowest BCUT2D eigenvalue weighted by molar-refractivity contribution is 0.163. The molecule has 3 heteroatoms. The number of hydrogen-bond donors (Lipinski definition) is 3. The predicted octanol–water partition coefficient (Wildman–Crippen LogP) is -0.681. The van der Waals surface area contributed by atoms with E-state index >= 15 is 0 Å². The Kier molecular flexibility index (Phi) is 2.11. The number of aliphatic hydroxyl groups is 1. The van der Waals surface area contributed by atoms with Crippen molar-refractivity contribution in [2.75, 3.05) is 19.6 Å². The van der Waals surface area contributed by atoms with Gasteiger partial charge in [0.2, 0.25) is 0 Å². The minimum absolute atomic E-state index is 0.172. The topological polar surface area (TPSA) is 44.3 Å². The number of rotatable bonds is 3. The molecule has 3 N–H and O–H groups in total. The smallest absolute Gasteiger partial charge is 0.0829 e. The van der Waals surface area contributed by atoms with E-state index in [-0.39, 0.29) is 6.10 Å². The van der Waals surface area contributed by atoms with Crippen LogP contribution in [0, 0.1) is 5.92 Å². The van der Waals surface area contributed by atoms with Gasteiger partial charge >= 0.3 is 0 Å². The fourth-order valence-electron chi connectivity index (χ4n) is 1.51. The third-order valence-electron chi connectivity index (χ3n) is 2.55. The normalized spacial score (nSPS) is 37.9. The first-order valence-electron chi connectivity index (χ1n) is 4.48. The van der Waals surface area contributed by atoms with Crippen LogP contribution in [-0.4, -0.2) is 36.9 Å². The zero-order valence-corrected chi connectivity index (χ0v) is 6.71. The van der Waals surface area contributed by atoms with Gasteiger partial charge < -0.3 is 15.7 Å². The molecule has 3 nitrogen and oxygen atoms in total. The molecular weight excluding hydrogens is 140 g/mol. The Hall–Kier alpha value is -0.120. The highest BCUT2D eigenvalue weighted by Gasteiger charge is 2.27. The molecule has 2 atom stereocenters. The molecule has 0 unspecified atom stereocenters. The lowest BCUT2D eigenvalue weighted by atomic mass is 10.2. The van der Waals surface area contributed by atoms with E-state index in [4.69, 9.17) is 0 Å². The van der Waals surface area contributed by atoms with Gasteiger partial charge in [0.1, 0.15) is 0 Å². The zero-order chi connectivity index (χ0) is 7.68. The molecule has 0 aromatic rings. The second-order valence-electron chi connectivity index (χ2n) is 3.68. The Morgan fingerprint density at radius 3 is 2.73 bits per heavy atom. The second kappa shape index (κ2) is 3.09. The van der Waals surface area contributed by atoms with Gasteiger partial charge in [-0.15, -0.1) is 0 Å². The Balaban J connectivity index is 1.67. The molecule has 2 rings (SSSR count). The third-order valence-corrected chi connectivity index (χ3v) is 2.55. The minimum atomic E-state index is -0.172. The number of hydrogen-bond acceptors (Lipinski definition) is 3. The maximum absolute atomic E-state index is 9.40. The van der Waals surface area contributed by atoms with Gasteiger partial charge in [-0.1, -0.05) is 0 Å². The molecule has 0 radical (unpaired) electrons. The first-order chi connectivity index (χ1) is 5.36. The monoisotopic (exact) mass is 156 g/mol. The molecule has 2 fully saturated rings. The van der Waals surface area contributed by atoms with Crippen LogP contribution in [0.5, 0.6) is 0 Å². The average molecular weight is 156 g/mol. The Morgan fingerprint density at radius 2 is 2.18 bits per heavy atom. The van der Waals surface area contributed by atoms with Gasteiger partial charge in [0.25, 0.3) is 0 Å². The summed E-state index contributed by atoms with van der Waals surface area (Å²) in [6.45, 7) is 2.78. The van der Waals surface area contributed by atoms with Crippen molar-refractivity contribution in [1.29, 1.82) is 0 Å². The predicted molar refractivity (Wildman–Crippen MR) is 43.4 cm³/mol. The van der Waals surface area contributed by atoms with Gasteiger partial charge in [0.05, 0.1) is 6.10 Å². The van der Waals surface area contributed by atoms with E-state index in [2.05, 4.69) is 10.6 Å². The molecule has 1 saturated heterocycles. The Bertz CT molecular complexity index is 136. The number of nitrogens with one attached hydrogen (secondary N) is 2. The minimum Gasteiger partial charge on any atom is -0.390 e. The molecule has 1 saturated carbocycles. The zero-order valence-electron chi connectivity index (χ0n) is 6.71. The molecule has 2 aliphatic rings. The van der Waals surface area contributed by atoms with Crippen molar-refractivity contribution in [1.82, 2.24) is 10.6 Å². The van der Waals surface area contributed by atoms with Gasteiger partial charge in [-0.2, -0.15) is 0 Å². The van der Waals surface area contributed by atoms with Crippen LogP contribution in [0.3, 0.4) is 0 Å². The maximum atomic E-state index is 9.40. The fraction of sp³-hybridized carbons (Fsp3) is 1.00. The lowest BCUT2D eigenvalue weighted by Crippen LogP contribution is -2.39. The van der Waals surface area contributed by atoms with E-state index in [1.807, 2.05) is 0 Å². The largest absolute Gasteiger partial charge is 0.390 e. The standard InChI is InChI=1S/C8H16N2O/c11-8-5-9-4-7(8)10-3-6-1-2-6/h6-11H,1-5H2/t7-,8-/m1/s1. The summed E-state index contributed by atoms with van der Waals surface area (Å²) in [6.07, 6.45) is 2.58. The SMILES string of the molecule is O[C@@H]1CNC[C@H]1NCC1CC1. The van der Waals surface area contributed by atoms with Crippen molar-refractivity contribution in [2.45, 2.75) is 25.0 Å². The van der Waals surface area contributed by atoms with Gasteiger partial charge in [-0.25, -0.2) is 0 Å². The number of β-amino-alcohol motifs (C(OH)–C–C–N with tert-alkyl or cyclic N) is 1. The van der Waals surface area contributed by atoms with E-state index in [0.29, 0.717) is 6.04 Å². The first-order valence-corrected chi connectivity index (χ1v) is 4.48. The molecule has 64 valence electrons. The van der Waals surface area contributed by atoms with Crippen LogP contribution in [0.2, 0.25) is 0 Å². The highest BCUT2D eigenvalue weighted by molar-refractivity contribution is 4.88. The molecule has 0 aromatic heterocycles. The molecule has 0 amide bonds. The summed E-state index contributed by atoms with van der Waals surface area (Å²) in [7, 11) is 0. The summed E-state index contributed by atoms with van der Waals surface area (Å²) in [5.41, 5.74) is 0. The fourth-order valence-corrected chi connectivity index (χ4v) is 1.51. The van der Waals surface area contributed by atoms with E-state index in [1.165, 1.54) is 12.8 Å². The molecular formula is C8H16N2O. The summed E-state index contributed by atoms with van der Waals surface area (Å²) in [4.78, 5) is 0. The molecule has 1 heterocycles. The van der Waals surface area contributed by atoms with E-state index in [0.717, 1.165) is 25.6 Å². The van der Waals surface area contributed by atoms with Gasteiger partial charge in [0, 0.05) is 19.1 Å². The summed E-state index contributed by atoms with van der Waals surface area (Å²) in [6, 6.07) is 0.301. The van der Waals surface area contributed by atoms with Crippen molar-refractivity contribution >= 4 is 0 Å². The van der Waals surface area contributed by atoms with Crippen molar-refractivity contribution in [3.05, 3.63) is 0 Å². The van der Waals surface area contributed by atoms with Crippen LogP contribution in [0.15, 0.2) is 0 Å². The number of aliphatic hydroxyl groups excluding tert-OH is 1. The molecule has 0 spiro atoms. The highest BCUT2D eigenvalue weighted by Crippen LogP contribution is 2.27. The molecule has 1 aliphatic carbocycles. The van der Waals surface area contributed by atoms with Crippen LogP contribution in [0.4, 0.5) is 0 Å². The average Bonchev–Trinajstić information content (AvgIpc) is 2.73. The summed E-state index contributed by atoms with van der Waals surface area (Å²) in [5.74, 6) is 0.905. The lowest BCUT2D eigenvalue weighted by Gasteiger charge is -2.14. The van der Waals surface area contributed by atoms with Crippen LogP contribution in [0.1, 0.15) is 12.8 Å². The van der Waals surface area contributed by atoms with Crippen LogP contribution in [-0.2, 0) is 0 Å². The highest BCUT2D eigenvalue weighted by atomic mass is 16.3.